The molecule has 0 fully saturated rings. The first-order valence-corrected chi connectivity index (χ1v) is 3.12. The molecule has 0 atom stereocenters. The summed E-state index contributed by atoms with van der Waals surface area (Å²) >= 11 is 0. The van der Waals surface area contributed by atoms with Gasteiger partial charge in [0.1, 0.15) is 11.3 Å². The molecular formula is C7H12N2O2. The summed E-state index contributed by atoms with van der Waals surface area (Å²) in [4.78, 5) is 11.2. The van der Waals surface area contributed by atoms with Crippen LogP contribution in [0.3, 0.4) is 0 Å². The number of hydrogen-bond acceptors (Lipinski definition) is 4. The average Bonchev–Trinajstić information content (AvgIpc) is 2.01. The summed E-state index contributed by atoms with van der Waals surface area (Å²) in [5.74, 6) is -0.366. The Balaban J connectivity index is 4.48. The van der Waals surface area contributed by atoms with Gasteiger partial charge in [0.15, 0.2) is 0 Å². The number of carbonyl (C=O) groups is 1. The van der Waals surface area contributed by atoms with Crippen LogP contribution in [0.2, 0.25) is 0 Å². The summed E-state index contributed by atoms with van der Waals surface area (Å²) in [7, 11) is 1.43. The molecule has 4 heteroatoms. The smallest absolute Gasteiger partial charge is 0.213 e. The van der Waals surface area contributed by atoms with Crippen molar-refractivity contribution in [3.63, 3.8) is 0 Å². The number of carbonyl (C=O) groups excluding carboxylic acids is 1. The lowest BCUT2D eigenvalue weighted by Gasteiger charge is -2.19. The lowest BCUT2D eigenvalue weighted by Crippen LogP contribution is -2.34. The van der Waals surface area contributed by atoms with Gasteiger partial charge in [0.25, 0.3) is 0 Å². The minimum Gasteiger partial charge on any atom is -0.371 e. The summed E-state index contributed by atoms with van der Waals surface area (Å²) in [5, 5.41) is 2.93. The van der Waals surface area contributed by atoms with E-state index in [0.29, 0.717) is 0 Å². The van der Waals surface area contributed by atoms with Crippen LogP contribution >= 0.6 is 0 Å². The van der Waals surface area contributed by atoms with Gasteiger partial charge in [-0.25, -0.2) is 5.53 Å². The van der Waals surface area contributed by atoms with Crippen molar-refractivity contribution in [3.05, 3.63) is 12.3 Å². The first-order valence-electron chi connectivity index (χ1n) is 3.12. The molecule has 0 aromatic heterocycles. The van der Waals surface area contributed by atoms with Gasteiger partial charge in [0, 0.05) is 7.11 Å². The van der Waals surface area contributed by atoms with Gasteiger partial charge in [-0.3, -0.25) is 4.79 Å². The molecule has 0 spiro atoms. The predicted octanol–water partition coefficient (Wildman–Crippen LogP) is 1.53. The second kappa shape index (κ2) is 3.39. The molecule has 0 saturated carbocycles. The normalized spacial score (nSPS) is 10.8. The van der Waals surface area contributed by atoms with Gasteiger partial charge < -0.3 is 4.74 Å². The third kappa shape index (κ3) is 2.23. The largest absolute Gasteiger partial charge is 0.371 e. The Hall–Kier alpha value is -1.03. The van der Waals surface area contributed by atoms with E-state index >= 15 is 0 Å². The number of rotatable bonds is 4. The molecule has 0 aromatic rings. The number of hydrogen-bond donors (Lipinski definition) is 1. The molecule has 11 heavy (non-hydrogen) atoms. The monoisotopic (exact) mass is 156 g/mol. The Bertz CT molecular complexity index is 197. The first-order chi connectivity index (χ1) is 4.95. The van der Waals surface area contributed by atoms with Crippen molar-refractivity contribution >= 4 is 5.78 Å². The highest BCUT2D eigenvalue weighted by molar-refractivity contribution is 6.00. The molecule has 0 heterocycles. The third-order valence-corrected chi connectivity index (χ3v) is 1.45. The van der Waals surface area contributed by atoms with Crippen molar-refractivity contribution in [2.24, 2.45) is 5.11 Å². The van der Waals surface area contributed by atoms with Crippen LogP contribution in [0.1, 0.15) is 13.8 Å². The second-order valence-electron chi connectivity index (χ2n) is 2.60. The van der Waals surface area contributed by atoms with E-state index in [-0.39, 0.29) is 11.5 Å². The maximum atomic E-state index is 11.2. The quantitative estimate of drug-likeness (QED) is 0.495. The van der Waals surface area contributed by atoms with Crippen molar-refractivity contribution < 1.29 is 9.53 Å². The predicted molar refractivity (Wildman–Crippen MR) is 40.4 cm³/mol. The molecule has 1 N–H and O–H groups in total. The number of ether oxygens (including phenoxy) is 1. The molecule has 0 saturated heterocycles. The highest BCUT2D eigenvalue weighted by atomic mass is 16.5. The van der Waals surface area contributed by atoms with Crippen molar-refractivity contribution in [3.8, 4) is 0 Å². The Morgan fingerprint density at radius 3 is 2.36 bits per heavy atom. The summed E-state index contributed by atoms with van der Waals surface area (Å²) in [6, 6.07) is 0. The van der Waals surface area contributed by atoms with E-state index < -0.39 is 5.60 Å². The summed E-state index contributed by atoms with van der Waals surface area (Å²) in [5.41, 5.74) is 5.53. The molecule has 0 amide bonds. The molecule has 0 aromatic carbocycles. The second-order valence-corrected chi connectivity index (χ2v) is 2.60. The Kier molecular flexibility index (Phi) is 3.07. The number of methoxy groups -OCH3 is 1. The molecule has 0 aliphatic rings. The lowest BCUT2D eigenvalue weighted by atomic mass is 10.0. The molecule has 0 radical (unpaired) electrons. The summed E-state index contributed by atoms with van der Waals surface area (Å²) < 4.78 is 4.87. The SMILES string of the molecule is C=C(N=N)C(=O)C(C)(C)OC. The van der Waals surface area contributed by atoms with Crippen molar-refractivity contribution in [1.82, 2.24) is 0 Å². The van der Waals surface area contributed by atoms with Crippen molar-refractivity contribution in [2.45, 2.75) is 19.4 Å². The molecular weight excluding hydrogens is 144 g/mol. The highest BCUT2D eigenvalue weighted by Gasteiger charge is 2.28. The Labute approximate surface area is 65.8 Å². The van der Waals surface area contributed by atoms with Crippen LogP contribution in [-0.4, -0.2) is 18.5 Å². The van der Waals surface area contributed by atoms with Gasteiger partial charge in [0.05, 0.1) is 0 Å². The van der Waals surface area contributed by atoms with Gasteiger partial charge in [-0.1, -0.05) is 6.58 Å². The zero-order valence-corrected chi connectivity index (χ0v) is 6.97. The number of Topliss-reactive ketones (excluding diaryl/α,β-unsaturated/α-hetero) is 1. The minimum absolute atomic E-state index is 0.0862. The van der Waals surface area contributed by atoms with Crippen LogP contribution < -0.4 is 0 Å². The fourth-order valence-electron chi connectivity index (χ4n) is 0.491. The molecule has 0 rings (SSSR count). The van der Waals surface area contributed by atoms with Crippen LogP contribution in [0.15, 0.2) is 17.4 Å². The van der Waals surface area contributed by atoms with Gasteiger partial charge >= 0.3 is 0 Å². The number of nitrogens with zero attached hydrogens (tertiary/aromatic N) is 1. The van der Waals surface area contributed by atoms with E-state index in [0.717, 1.165) is 0 Å². The zero-order chi connectivity index (χ0) is 9.07. The highest BCUT2D eigenvalue weighted by Crippen LogP contribution is 2.14. The molecule has 4 nitrogen and oxygen atoms in total. The first kappa shape index (κ1) is 9.97. The molecule has 0 aliphatic heterocycles. The topological polar surface area (TPSA) is 62.5 Å². The fraction of sp³-hybridized carbons (Fsp3) is 0.571. The van der Waals surface area contributed by atoms with Gasteiger partial charge in [0.2, 0.25) is 5.78 Å². The lowest BCUT2D eigenvalue weighted by molar-refractivity contribution is -0.133. The van der Waals surface area contributed by atoms with Crippen LogP contribution in [-0.2, 0) is 9.53 Å². The van der Waals surface area contributed by atoms with E-state index in [1.807, 2.05) is 0 Å². The summed E-state index contributed by atoms with van der Waals surface area (Å²) in [6.07, 6.45) is 0. The molecule has 0 unspecified atom stereocenters. The van der Waals surface area contributed by atoms with E-state index in [1.165, 1.54) is 7.11 Å². The van der Waals surface area contributed by atoms with Gasteiger partial charge in [-0.15, -0.1) is 0 Å². The van der Waals surface area contributed by atoms with E-state index in [1.54, 1.807) is 13.8 Å². The minimum atomic E-state index is -0.929. The molecule has 0 aliphatic carbocycles. The third-order valence-electron chi connectivity index (χ3n) is 1.45. The zero-order valence-electron chi connectivity index (χ0n) is 6.97. The van der Waals surface area contributed by atoms with E-state index in [4.69, 9.17) is 10.3 Å². The summed E-state index contributed by atoms with van der Waals surface area (Å²) in [6.45, 7) is 6.51. The average molecular weight is 156 g/mol. The van der Waals surface area contributed by atoms with Crippen molar-refractivity contribution in [1.29, 1.82) is 5.53 Å². The standard InChI is InChI=1S/C7H12N2O2/c1-5(9-8)6(10)7(2,3)11-4/h8H,1H2,2-4H3. The van der Waals surface area contributed by atoms with Gasteiger partial charge in [-0.05, 0) is 13.8 Å². The van der Waals surface area contributed by atoms with Crippen LogP contribution in [0.4, 0.5) is 0 Å². The maximum Gasteiger partial charge on any atom is 0.213 e. The van der Waals surface area contributed by atoms with Gasteiger partial charge in [-0.2, -0.15) is 5.11 Å². The molecule has 0 bridgehead atoms. The number of ketones is 1. The maximum absolute atomic E-state index is 11.2. The van der Waals surface area contributed by atoms with E-state index in [2.05, 4.69) is 11.7 Å². The fourth-order valence-corrected chi connectivity index (χ4v) is 0.491. The van der Waals surface area contributed by atoms with Crippen LogP contribution in [0, 0.1) is 5.53 Å². The van der Waals surface area contributed by atoms with Crippen molar-refractivity contribution in [2.75, 3.05) is 7.11 Å². The van der Waals surface area contributed by atoms with Crippen LogP contribution in [0.5, 0.6) is 0 Å². The number of nitrogens with one attached hydrogen (secondary N) is 1. The molecule has 62 valence electrons. The Morgan fingerprint density at radius 1 is 1.64 bits per heavy atom. The van der Waals surface area contributed by atoms with E-state index in [9.17, 15) is 4.79 Å². The van der Waals surface area contributed by atoms with Crippen LogP contribution in [0.25, 0.3) is 0 Å². The Morgan fingerprint density at radius 2 is 2.09 bits per heavy atom.